The SMILES string of the molecule is CCOCOC(=O)c1cccc(I)c1. The van der Waals surface area contributed by atoms with E-state index >= 15 is 0 Å². The van der Waals surface area contributed by atoms with E-state index in [0.29, 0.717) is 12.2 Å². The zero-order valence-electron chi connectivity index (χ0n) is 7.83. The van der Waals surface area contributed by atoms with Gasteiger partial charge in [0.05, 0.1) is 5.56 Å². The third-order valence-electron chi connectivity index (χ3n) is 1.54. The fourth-order valence-corrected chi connectivity index (χ4v) is 1.42. The van der Waals surface area contributed by atoms with Gasteiger partial charge < -0.3 is 9.47 Å². The second-order valence-corrected chi connectivity index (χ2v) is 3.80. The van der Waals surface area contributed by atoms with Gasteiger partial charge in [-0.25, -0.2) is 4.79 Å². The number of hydrogen-bond acceptors (Lipinski definition) is 3. The van der Waals surface area contributed by atoms with E-state index in [1.807, 2.05) is 19.1 Å². The molecule has 1 aromatic rings. The fraction of sp³-hybridized carbons (Fsp3) is 0.300. The van der Waals surface area contributed by atoms with Crippen LogP contribution in [0.3, 0.4) is 0 Å². The van der Waals surface area contributed by atoms with Crippen molar-refractivity contribution in [2.24, 2.45) is 0 Å². The maximum atomic E-state index is 11.4. The Hall–Kier alpha value is -0.620. The second kappa shape index (κ2) is 5.98. The summed E-state index contributed by atoms with van der Waals surface area (Å²) in [6.45, 7) is 2.40. The van der Waals surface area contributed by atoms with Gasteiger partial charge in [0.15, 0.2) is 6.79 Å². The number of ether oxygens (including phenoxy) is 2. The molecule has 0 aromatic heterocycles. The molecular weight excluding hydrogens is 295 g/mol. The van der Waals surface area contributed by atoms with Crippen LogP contribution in [0, 0.1) is 3.57 Å². The molecule has 1 aromatic carbocycles. The number of benzene rings is 1. The van der Waals surface area contributed by atoms with E-state index in [1.165, 1.54) is 0 Å². The smallest absolute Gasteiger partial charge is 0.340 e. The molecule has 14 heavy (non-hydrogen) atoms. The summed E-state index contributed by atoms with van der Waals surface area (Å²) in [5.41, 5.74) is 0.552. The van der Waals surface area contributed by atoms with E-state index in [-0.39, 0.29) is 12.8 Å². The van der Waals surface area contributed by atoms with Crippen LogP contribution < -0.4 is 0 Å². The van der Waals surface area contributed by atoms with Gasteiger partial charge >= 0.3 is 5.97 Å². The van der Waals surface area contributed by atoms with Crippen molar-refractivity contribution < 1.29 is 14.3 Å². The van der Waals surface area contributed by atoms with E-state index in [2.05, 4.69) is 22.6 Å². The van der Waals surface area contributed by atoms with Crippen LogP contribution in [-0.2, 0) is 9.47 Å². The van der Waals surface area contributed by atoms with Gasteiger partial charge in [0.25, 0.3) is 0 Å². The highest BCUT2D eigenvalue weighted by Crippen LogP contribution is 2.08. The normalized spacial score (nSPS) is 9.86. The molecule has 0 aliphatic rings. The van der Waals surface area contributed by atoms with E-state index in [0.717, 1.165) is 3.57 Å². The van der Waals surface area contributed by atoms with Gasteiger partial charge in [-0.3, -0.25) is 0 Å². The summed E-state index contributed by atoms with van der Waals surface area (Å²) >= 11 is 2.14. The lowest BCUT2D eigenvalue weighted by Gasteiger charge is -2.04. The Morgan fingerprint density at radius 1 is 1.50 bits per heavy atom. The molecule has 3 nitrogen and oxygen atoms in total. The van der Waals surface area contributed by atoms with Crippen LogP contribution in [0.25, 0.3) is 0 Å². The van der Waals surface area contributed by atoms with Crippen molar-refractivity contribution >= 4 is 28.6 Å². The van der Waals surface area contributed by atoms with Gasteiger partial charge in [-0.05, 0) is 47.7 Å². The number of carbonyl (C=O) groups excluding carboxylic acids is 1. The van der Waals surface area contributed by atoms with Crippen molar-refractivity contribution in [2.45, 2.75) is 6.92 Å². The first kappa shape index (κ1) is 11.5. The summed E-state index contributed by atoms with van der Waals surface area (Å²) in [5, 5.41) is 0. The predicted molar refractivity (Wildman–Crippen MR) is 61.1 cm³/mol. The summed E-state index contributed by atoms with van der Waals surface area (Å²) in [6.07, 6.45) is 0. The molecule has 0 unspecified atom stereocenters. The lowest BCUT2D eigenvalue weighted by atomic mass is 10.2. The van der Waals surface area contributed by atoms with Crippen molar-refractivity contribution in [2.75, 3.05) is 13.4 Å². The van der Waals surface area contributed by atoms with Crippen LogP contribution in [0.1, 0.15) is 17.3 Å². The minimum absolute atomic E-state index is 0.0147. The Labute approximate surface area is 96.5 Å². The van der Waals surface area contributed by atoms with Crippen molar-refractivity contribution in [1.29, 1.82) is 0 Å². The van der Waals surface area contributed by atoms with Crippen LogP contribution in [0.5, 0.6) is 0 Å². The molecule has 0 fully saturated rings. The number of carbonyl (C=O) groups is 1. The van der Waals surface area contributed by atoms with Gasteiger partial charge in [0.1, 0.15) is 0 Å². The molecule has 0 N–H and O–H groups in total. The van der Waals surface area contributed by atoms with Crippen molar-refractivity contribution in [3.63, 3.8) is 0 Å². The molecule has 0 bridgehead atoms. The maximum Gasteiger partial charge on any atom is 0.340 e. The highest BCUT2D eigenvalue weighted by atomic mass is 127. The average Bonchev–Trinajstić information content (AvgIpc) is 2.18. The largest absolute Gasteiger partial charge is 0.435 e. The second-order valence-electron chi connectivity index (χ2n) is 2.55. The number of esters is 1. The number of halogens is 1. The Kier molecular flexibility index (Phi) is 4.89. The van der Waals surface area contributed by atoms with Gasteiger partial charge in [0.2, 0.25) is 0 Å². The monoisotopic (exact) mass is 306 g/mol. The summed E-state index contributed by atoms with van der Waals surface area (Å²) in [6, 6.07) is 7.23. The quantitative estimate of drug-likeness (QED) is 0.371. The minimum atomic E-state index is -0.350. The minimum Gasteiger partial charge on any atom is -0.435 e. The molecule has 0 radical (unpaired) electrons. The molecule has 0 spiro atoms. The van der Waals surface area contributed by atoms with Crippen LogP contribution >= 0.6 is 22.6 Å². The molecule has 0 saturated carbocycles. The first-order valence-electron chi connectivity index (χ1n) is 4.24. The number of hydrogen-bond donors (Lipinski definition) is 0. The Balaban J connectivity index is 2.52. The van der Waals surface area contributed by atoms with E-state index in [4.69, 9.17) is 9.47 Å². The first-order chi connectivity index (χ1) is 6.74. The van der Waals surface area contributed by atoms with Crippen molar-refractivity contribution in [3.05, 3.63) is 33.4 Å². The van der Waals surface area contributed by atoms with E-state index in [9.17, 15) is 4.79 Å². The van der Waals surface area contributed by atoms with Crippen LogP contribution in [-0.4, -0.2) is 19.4 Å². The third kappa shape index (κ3) is 3.63. The molecule has 0 atom stereocenters. The molecule has 0 aliphatic heterocycles. The lowest BCUT2D eigenvalue weighted by Crippen LogP contribution is -2.08. The van der Waals surface area contributed by atoms with Gasteiger partial charge in [-0.1, -0.05) is 6.07 Å². The van der Waals surface area contributed by atoms with Gasteiger partial charge in [-0.15, -0.1) is 0 Å². The molecule has 0 aliphatic carbocycles. The van der Waals surface area contributed by atoms with Crippen molar-refractivity contribution in [1.82, 2.24) is 0 Å². The Morgan fingerprint density at radius 3 is 2.93 bits per heavy atom. The van der Waals surface area contributed by atoms with Crippen LogP contribution in [0.2, 0.25) is 0 Å². The zero-order valence-corrected chi connectivity index (χ0v) is 9.98. The standard InChI is InChI=1S/C10H11IO3/c1-2-13-7-14-10(12)8-4-3-5-9(11)6-8/h3-6H,2,7H2,1H3. The fourth-order valence-electron chi connectivity index (χ4n) is 0.877. The molecule has 0 saturated heterocycles. The van der Waals surface area contributed by atoms with Gasteiger partial charge in [0, 0.05) is 10.2 Å². The summed E-state index contributed by atoms with van der Waals surface area (Å²) < 4.78 is 10.8. The molecule has 0 heterocycles. The topological polar surface area (TPSA) is 35.5 Å². The maximum absolute atomic E-state index is 11.4. The highest BCUT2D eigenvalue weighted by Gasteiger charge is 2.06. The molecule has 4 heteroatoms. The zero-order chi connectivity index (χ0) is 10.4. The summed E-state index contributed by atoms with van der Waals surface area (Å²) in [7, 11) is 0. The highest BCUT2D eigenvalue weighted by molar-refractivity contribution is 14.1. The summed E-state index contributed by atoms with van der Waals surface area (Å²) in [4.78, 5) is 11.4. The number of rotatable bonds is 4. The predicted octanol–water partition coefficient (Wildman–Crippen LogP) is 2.44. The van der Waals surface area contributed by atoms with Crippen molar-refractivity contribution in [3.8, 4) is 0 Å². The van der Waals surface area contributed by atoms with E-state index in [1.54, 1.807) is 12.1 Å². The van der Waals surface area contributed by atoms with E-state index < -0.39 is 0 Å². The molecule has 76 valence electrons. The Bertz CT molecular complexity index is 312. The molecule has 1 rings (SSSR count). The molecule has 0 amide bonds. The average molecular weight is 306 g/mol. The third-order valence-corrected chi connectivity index (χ3v) is 2.21. The summed E-state index contributed by atoms with van der Waals surface area (Å²) in [5.74, 6) is -0.350. The van der Waals surface area contributed by atoms with Gasteiger partial charge in [-0.2, -0.15) is 0 Å². The first-order valence-corrected chi connectivity index (χ1v) is 5.32. The Morgan fingerprint density at radius 2 is 2.29 bits per heavy atom. The van der Waals surface area contributed by atoms with Crippen LogP contribution in [0.15, 0.2) is 24.3 Å². The lowest BCUT2D eigenvalue weighted by molar-refractivity contribution is -0.0274. The molecular formula is C10H11IO3. The van der Waals surface area contributed by atoms with Crippen LogP contribution in [0.4, 0.5) is 0 Å².